The average Bonchev–Trinajstić information content (AvgIpc) is 2.91. The van der Waals surface area contributed by atoms with Crippen molar-refractivity contribution in [1.82, 2.24) is 19.9 Å². The fourth-order valence-electron chi connectivity index (χ4n) is 1.96. The second-order valence-corrected chi connectivity index (χ2v) is 5.84. The van der Waals surface area contributed by atoms with Crippen LogP contribution in [-0.4, -0.2) is 33.2 Å². The summed E-state index contributed by atoms with van der Waals surface area (Å²) in [4.78, 5) is 11.9. The standard InChI is InChI=1S/C15H19F3N4O2/c1-9(2)8-24-10(3)14(23)19-7-13-21-20-12-6-11(15(16,17)18)4-5-22(12)13/h4-6,9-10H,7-8H2,1-3H3,(H,19,23). The molecule has 0 fully saturated rings. The van der Waals surface area contributed by atoms with Crippen LogP contribution in [0.1, 0.15) is 32.2 Å². The highest BCUT2D eigenvalue weighted by molar-refractivity contribution is 5.80. The minimum atomic E-state index is -4.44. The molecule has 24 heavy (non-hydrogen) atoms. The van der Waals surface area contributed by atoms with E-state index in [2.05, 4.69) is 15.5 Å². The molecule has 0 saturated carbocycles. The Kier molecular flexibility index (Phi) is 5.43. The number of carbonyl (C=O) groups is 1. The van der Waals surface area contributed by atoms with Crippen LogP contribution in [0.4, 0.5) is 13.2 Å². The van der Waals surface area contributed by atoms with Crippen LogP contribution >= 0.6 is 0 Å². The van der Waals surface area contributed by atoms with Crippen molar-refractivity contribution in [3.8, 4) is 0 Å². The van der Waals surface area contributed by atoms with Gasteiger partial charge in [0, 0.05) is 12.8 Å². The second kappa shape index (κ2) is 7.16. The first-order valence-electron chi connectivity index (χ1n) is 7.48. The van der Waals surface area contributed by atoms with Crippen LogP contribution in [0.3, 0.4) is 0 Å². The molecule has 0 spiro atoms. The van der Waals surface area contributed by atoms with Gasteiger partial charge in [-0.15, -0.1) is 10.2 Å². The molecule has 1 unspecified atom stereocenters. The van der Waals surface area contributed by atoms with Gasteiger partial charge in [-0.25, -0.2) is 0 Å². The molecular weight excluding hydrogens is 325 g/mol. The van der Waals surface area contributed by atoms with Gasteiger partial charge in [0.2, 0.25) is 5.91 Å². The van der Waals surface area contributed by atoms with E-state index in [-0.39, 0.29) is 18.1 Å². The number of rotatable bonds is 6. The number of nitrogens with one attached hydrogen (secondary N) is 1. The maximum Gasteiger partial charge on any atom is 0.416 e. The lowest BCUT2D eigenvalue weighted by molar-refractivity contribution is -0.137. The van der Waals surface area contributed by atoms with Crippen LogP contribution in [-0.2, 0) is 22.3 Å². The topological polar surface area (TPSA) is 68.5 Å². The molecule has 2 aromatic rings. The third-order valence-corrected chi connectivity index (χ3v) is 3.28. The highest BCUT2D eigenvalue weighted by Gasteiger charge is 2.31. The lowest BCUT2D eigenvalue weighted by Gasteiger charge is -2.14. The quantitative estimate of drug-likeness (QED) is 0.874. The molecule has 0 aliphatic rings. The fourth-order valence-corrected chi connectivity index (χ4v) is 1.96. The van der Waals surface area contributed by atoms with E-state index < -0.39 is 17.8 Å². The van der Waals surface area contributed by atoms with Crippen molar-refractivity contribution in [2.24, 2.45) is 5.92 Å². The van der Waals surface area contributed by atoms with Gasteiger partial charge in [0.15, 0.2) is 11.5 Å². The van der Waals surface area contributed by atoms with E-state index in [4.69, 9.17) is 4.74 Å². The first kappa shape index (κ1) is 18.2. The Morgan fingerprint density at radius 3 is 2.67 bits per heavy atom. The average molecular weight is 344 g/mol. The van der Waals surface area contributed by atoms with Gasteiger partial charge in [0.1, 0.15) is 6.10 Å². The molecule has 1 N–H and O–H groups in total. The number of hydrogen-bond donors (Lipinski definition) is 1. The predicted octanol–water partition coefficient (Wildman–Crippen LogP) is 2.43. The smallest absolute Gasteiger partial charge is 0.368 e. The molecule has 2 rings (SSSR count). The van der Waals surface area contributed by atoms with Gasteiger partial charge in [-0.2, -0.15) is 13.2 Å². The number of carbonyl (C=O) groups excluding carboxylic acids is 1. The van der Waals surface area contributed by atoms with Crippen LogP contribution in [0.2, 0.25) is 0 Å². The Balaban J connectivity index is 2.02. The van der Waals surface area contributed by atoms with E-state index in [9.17, 15) is 18.0 Å². The third-order valence-electron chi connectivity index (χ3n) is 3.28. The Morgan fingerprint density at radius 1 is 1.33 bits per heavy atom. The van der Waals surface area contributed by atoms with Gasteiger partial charge in [0.05, 0.1) is 12.1 Å². The number of halogens is 3. The van der Waals surface area contributed by atoms with Crippen molar-refractivity contribution in [3.05, 3.63) is 29.7 Å². The molecule has 2 aromatic heterocycles. The van der Waals surface area contributed by atoms with Crippen LogP contribution in [0.25, 0.3) is 5.65 Å². The van der Waals surface area contributed by atoms with E-state index in [1.54, 1.807) is 6.92 Å². The van der Waals surface area contributed by atoms with E-state index >= 15 is 0 Å². The molecule has 2 heterocycles. The number of amides is 1. The highest BCUT2D eigenvalue weighted by atomic mass is 19.4. The van der Waals surface area contributed by atoms with Gasteiger partial charge in [-0.1, -0.05) is 13.8 Å². The molecule has 0 radical (unpaired) electrons. The zero-order valence-electron chi connectivity index (χ0n) is 13.6. The van der Waals surface area contributed by atoms with Crippen molar-refractivity contribution >= 4 is 11.6 Å². The first-order chi connectivity index (χ1) is 11.2. The zero-order valence-corrected chi connectivity index (χ0v) is 13.6. The molecule has 1 amide bonds. The Bertz CT molecular complexity index is 712. The molecule has 0 aliphatic carbocycles. The number of nitrogens with zero attached hydrogens (tertiary/aromatic N) is 3. The molecule has 0 aromatic carbocycles. The summed E-state index contributed by atoms with van der Waals surface area (Å²) in [7, 11) is 0. The second-order valence-electron chi connectivity index (χ2n) is 5.84. The fraction of sp³-hybridized carbons (Fsp3) is 0.533. The zero-order chi connectivity index (χ0) is 17.9. The minimum Gasteiger partial charge on any atom is -0.368 e. The summed E-state index contributed by atoms with van der Waals surface area (Å²) in [6, 6.07) is 1.85. The Morgan fingerprint density at radius 2 is 2.04 bits per heavy atom. The lowest BCUT2D eigenvalue weighted by Crippen LogP contribution is -2.35. The summed E-state index contributed by atoms with van der Waals surface area (Å²) in [6.45, 7) is 6.09. The monoisotopic (exact) mass is 344 g/mol. The maximum absolute atomic E-state index is 12.7. The largest absolute Gasteiger partial charge is 0.416 e. The Hall–Kier alpha value is -2.16. The molecule has 9 heteroatoms. The van der Waals surface area contributed by atoms with Crippen LogP contribution in [0.15, 0.2) is 18.3 Å². The molecular formula is C15H19F3N4O2. The van der Waals surface area contributed by atoms with Gasteiger partial charge in [-0.05, 0) is 25.0 Å². The van der Waals surface area contributed by atoms with Crippen LogP contribution in [0.5, 0.6) is 0 Å². The van der Waals surface area contributed by atoms with Gasteiger partial charge in [-0.3, -0.25) is 9.20 Å². The van der Waals surface area contributed by atoms with E-state index in [0.717, 1.165) is 12.1 Å². The summed E-state index contributed by atoms with van der Waals surface area (Å²) < 4.78 is 44.8. The lowest BCUT2D eigenvalue weighted by atomic mass is 10.2. The minimum absolute atomic E-state index is 0.0424. The summed E-state index contributed by atoms with van der Waals surface area (Å²) in [6.07, 6.45) is -3.83. The van der Waals surface area contributed by atoms with Crippen molar-refractivity contribution in [2.45, 2.75) is 39.6 Å². The number of fused-ring (bicyclic) bond motifs is 1. The molecule has 0 bridgehead atoms. The number of hydrogen-bond acceptors (Lipinski definition) is 4. The summed E-state index contributed by atoms with van der Waals surface area (Å²) in [5.41, 5.74) is -0.730. The molecule has 6 nitrogen and oxygen atoms in total. The third kappa shape index (κ3) is 4.44. The maximum atomic E-state index is 12.7. The Labute approximate surface area is 137 Å². The van der Waals surface area contributed by atoms with Crippen molar-refractivity contribution in [1.29, 1.82) is 0 Å². The van der Waals surface area contributed by atoms with E-state index in [1.165, 1.54) is 10.6 Å². The number of pyridine rings is 1. The van der Waals surface area contributed by atoms with Gasteiger partial charge < -0.3 is 10.1 Å². The summed E-state index contributed by atoms with van der Waals surface area (Å²) in [5.74, 6) is 0.325. The molecule has 1 atom stereocenters. The normalized spacial score (nSPS) is 13.5. The number of ether oxygens (including phenoxy) is 1. The number of aromatic nitrogens is 3. The van der Waals surface area contributed by atoms with Gasteiger partial charge in [0.25, 0.3) is 0 Å². The predicted molar refractivity (Wildman–Crippen MR) is 80.1 cm³/mol. The van der Waals surface area contributed by atoms with Gasteiger partial charge >= 0.3 is 6.18 Å². The van der Waals surface area contributed by atoms with E-state index in [0.29, 0.717) is 18.3 Å². The molecule has 132 valence electrons. The van der Waals surface area contributed by atoms with Crippen molar-refractivity contribution < 1.29 is 22.7 Å². The first-order valence-corrected chi connectivity index (χ1v) is 7.48. The highest BCUT2D eigenvalue weighted by Crippen LogP contribution is 2.29. The molecule has 0 aliphatic heterocycles. The van der Waals surface area contributed by atoms with Crippen molar-refractivity contribution in [2.75, 3.05) is 6.61 Å². The number of alkyl halides is 3. The molecule has 0 saturated heterocycles. The van der Waals surface area contributed by atoms with E-state index in [1.807, 2.05) is 13.8 Å². The summed E-state index contributed by atoms with van der Waals surface area (Å²) >= 11 is 0. The van der Waals surface area contributed by atoms with Crippen LogP contribution in [0, 0.1) is 5.92 Å². The SMILES string of the molecule is CC(C)COC(C)C(=O)NCc1nnc2cc(C(F)(F)F)ccn12. The summed E-state index contributed by atoms with van der Waals surface area (Å²) in [5, 5.41) is 10.2. The van der Waals surface area contributed by atoms with Crippen molar-refractivity contribution in [3.63, 3.8) is 0 Å². The van der Waals surface area contributed by atoms with Crippen LogP contribution < -0.4 is 5.32 Å².